The van der Waals surface area contributed by atoms with E-state index in [-0.39, 0.29) is 5.57 Å². The van der Waals surface area contributed by atoms with Gasteiger partial charge in [-0.1, -0.05) is 0 Å². The molecule has 0 fully saturated rings. The highest BCUT2D eigenvalue weighted by atomic mass is 16.7. The summed E-state index contributed by atoms with van der Waals surface area (Å²) in [5.41, 5.74) is 0.0166. The van der Waals surface area contributed by atoms with Crippen molar-refractivity contribution in [3.05, 3.63) is 11.6 Å². The van der Waals surface area contributed by atoms with E-state index < -0.39 is 11.9 Å². The van der Waals surface area contributed by atoms with Gasteiger partial charge in [0.15, 0.2) is 0 Å². The van der Waals surface area contributed by atoms with Crippen molar-refractivity contribution in [1.29, 1.82) is 0 Å². The lowest BCUT2D eigenvalue weighted by atomic mass is 10.3. The monoisotopic (exact) mass is 160 g/mol. The van der Waals surface area contributed by atoms with Gasteiger partial charge in [-0.15, -0.1) is 0 Å². The molecule has 0 aliphatic heterocycles. The van der Waals surface area contributed by atoms with Crippen LogP contribution in [-0.4, -0.2) is 11.9 Å². The van der Waals surface area contributed by atoms with Crippen LogP contribution in [0.25, 0.3) is 0 Å². The molecule has 0 atom stereocenters. The van der Waals surface area contributed by atoms with Crippen molar-refractivity contribution in [2.75, 3.05) is 0 Å². The van der Waals surface area contributed by atoms with Gasteiger partial charge in [-0.3, -0.25) is 0 Å². The molecule has 0 saturated heterocycles. The van der Waals surface area contributed by atoms with E-state index in [2.05, 4.69) is 21.5 Å². The van der Waals surface area contributed by atoms with Gasteiger partial charge in [0.1, 0.15) is 0 Å². The van der Waals surface area contributed by atoms with Crippen LogP contribution >= 0.6 is 0 Å². The van der Waals surface area contributed by atoms with Gasteiger partial charge in [-0.05, 0) is 6.92 Å². The normalized spacial score (nSPS) is 10.6. The van der Waals surface area contributed by atoms with Gasteiger partial charge in [0.05, 0.1) is 0 Å². The summed E-state index contributed by atoms with van der Waals surface area (Å²) in [4.78, 5) is 28.4. The second kappa shape index (κ2) is 4.42. The number of nitrogens with two attached hydrogens (primary N) is 2. The molecule has 0 unspecified atom stereocenters. The Kier molecular flexibility index (Phi) is 3.86. The average Bonchev–Trinajstić information content (AvgIpc) is 2.02. The molecule has 0 rings (SSSR count). The summed E-state index contributed by atoms with van der Waals surface area (Å²) in [6, 6.07) is 0. The number of rotatable bonds is 2. The van der Waals surface area contributed by atoms with Gasteiger partial charge in [-0.25, -0.2) is 9.59 Å². The van der Waals surface area contributed by atoms with E-state index in [4.69, 9.17) is 0 Å². The van der Waals surface area contributed by atoms with Crippen LogP contribution in [0.15, 0.2) is 11.6 Å². The Morgan fingerprint density at radius 1 is 1.27 bits per heavy atom. The third kappa shape index (κ3) is 3.33. The van der Waals surface area contributed by atoms with Crippen LogP contribution in [0, 0.1) is 0 Å². The first-order chi connectivity index (χ1) is 5.11. The van der Waals surface area contributed by atoms with E-state index in [1.807, 2.05) is 0 Å². The van der Waals surface area contributed by atoms with E-state index in [1.165, 1.54) is 6.92 Å². The summed E-state index contributed by atoms with van der Waals surface area (Å²) in [5, 5.41) is 0. The fourth-order valence-electron chi connectivity index (χ4n) is 0.363. The molecule has 4 N–H and O–H groups in total. The smallest absolute Gasteiger partial charge is 0.352 e. The lowest BCUT2D eigenvalue weighted by Crippen LogP contribution is -2.13. The first-order valence-electron chi connectivity index (χ1n) is 2.62. The minimum Gasteiger partial charge on any atom is -0.370 e. The first kappa shape index (κ1) is 9.60. The number of carbonyl (C=O) groups excluding carboxylic acids is 2. The van der Waals surface area contributed by atoms with Crippen LogP contribution in [0.3, 0.4) is 0 Å². The fourth-order valence-corrected chi connectivity index (χ4v) is 0.363. The van der Waals surface area contributed by atoms with Crippen LogP contribution in [0.4, 0.5) is 0 Å². The Morgan fingerprint density at radius 3 is 2.18 bits per heavy atom. The van der Waals surface area contributed by atoms with Crippen LogP contribution in [0.5, 0.6) is 0 Å². The fraction of sp³-hybridized carbons (Fsp3) is 0.200. The van der Waals surface area contributed by atoms with Gasteiger partial charge >= 0.3 is 11.9 Å². The summed E-state index contributed by atoms with van der Waals surface area (Å²) in [6.45, 7) is 1.34. The quantitative estimate of drug-likeness (QED) is 0.387. The molecule has 0 saturated carbocycles. The second-order valence-corrected chi connectivity index (χ2v) is 1.67. The predicted molar refractivity (Wildman–Crippen MR) is 34.3 cm³/mol. The van der Waals surface area contributed by atoms with Crippen molar-refractivity contribution in [3.8, 4) is 0 Å². The molecule has 0 aliphatic rings. The third-order valence-corrected chi connectivity index (χ3v) is 0.880. The minimum atomic E-state index is -0.840. The Hall–Kier alpha value is -1.40. The zero-order valence-corrected chi connectivity index (χ0v) is 5.87. The molecular weight excluding hydrogens is 152 g/mol. The number of hydrogen-bond acceptors (Lipinski definition) is 6. The molecule has 0 aromatic rings. The average molecular weight is 160 g/mol. The van der Waals surface area contributed by atoms with Gasteiger partial charge < -0.3 is 9.68 Å². The highest BCUT2D eigenvalue weighted by Crippen LogP contribution is 1.93. The van der Waals surface area contributed by atoms with Crippen molar-refractivity contribution in [1.82, 2.24) is 0 Å². The molecule has 0 aromatic carbocycles. The van der Waals surface area contributed by atoms with Crippen molar-refractivity contribution < 1.29 is 19.3 Å². The van der Waals surface area contributed by atoms with Crippen LogP contribution in [0.2, 0.25) is 0 Å². The molecule has 11 heavy (non-hydrogen) atoms. The Bertz CT molecular complexity index is 199. The molecule has 0 amide bonds. The SMILES string of the molecule is C/C(=C/C(=O)ON)C(=O)ON. The van der Waals surface area contributed by atoms with E-state index in [9.17, 15) is 9.59 Å². The summed E-state index contributed by atoms with van der Waals surface area (Å²) < 4.78 is 0. The number of carbonyl (C=O) groups is 2. The molecule has 6 nitrogen and oxygen atoms in total. The van der Waals surface area contributed by atoms with Gasteiger partial charge in [0.2, 0.25) is 0 Å². The molecular formula is C5H8N2O4. The maximum absolute atomic E-state index is 10.5. The predicted octanol–water partition coefficient (Wildman–Crippen LogP) is -1.23. The first-order valence-corrected chi connectivity index (χ1v) is 2.62. The molecule has 0 heterocycles. The largest absolute Gasteiger partial charge is 0.370 e. The highest BCUT2D eigenvalue weighted by molar-refractivity contribution is 5.95. The third-order valence-electron chi connectivity index (χ3n) is 0.880. The molecule has 0 aromatic heterocycles. The molecule has 0 aliphatic carbocycles. The molecule has 0 radical (unpaired) electrons. The molecule has 6 heteroatoms. The van der Waals surface area contributed by atoms with Crippen LogP contribution < -0.4 is 11.8 Å². The zero-order chi connectivity index (χ0) is 8.85. The summed E-state index contributed by atoms with van der Waals surface area (Å²) in [5.74, 6) is 7.35. The van der Waals surface area contributed by atoms with Crippen molar-refractivity contribution in [3.63, 3.8) is 0 Å². The minimum absolute atomic E-state index is 0.0166. The van der Waals surface area contributed by atoms with Crippen molar-refractivity contribution in [2.24, 2.45) is 11.8 Å². The zero-order valence-electron chi connectivity index (χ0n) is 5.87. The Morgan fingerprint density at radius 2 is 1.82 bits per heavy atom. The van der Waals surface area contributed by atoms with E-state index >= 15 is 0 Å². The second-order valence-electron chi connectivity index (χ2n) is 1.67. The van der Waals surface area contributed by atoms with Gasteiger partial charge in [-0.2, -0.15) is 11.8 Å². The standard InChI is InChI=1S/C5H8N2O4/c1-3(5(9)11-7)2-4(8)10-6/h2H,6-7H2,1H3/b3-2-. The molecule has 0 spiro atoms. The number of hydrogen-bond donors (Lipinski definition) is 2. The maximum atomic E-state index is 10.5. The van der Waals surface area contributed by atoms with E-state index in [0.29, 0.717) is 0 Å². The Labute approximate surface area is 62.6 Å². The van der Waals surface area contributed by atoms with Crippen molar-refractivity contribution >= 4 is 11.9 Å². The van der Waals surface area contributed by atoms with Crippen molar-refractivity contribution in [2.45, 2.75) is 6.92 Å². The van der Waals surface area contributed by atoms with Gasteiger partial charge in [0.25, 0.3) is 0 Å². The molecule has 62 valence electrons. The van der Waals surface area contributed by atoms with E-state index in [0.717, 1.165) is 6.08 Å². The van der Waals surface area contributed by atoms with Crippen LogP contribution in [0.1, 0.15) is 6.92 Å². The lowest BCUT2D eigenvalue weighted by molar-refractivity contribution is -0.141. The highest BCUT2D eigenvalue weighted by Gasteiger charge is 2.06. The van der Waals surface area contributed by atoms with Gasteiger partial charge in [0, 0.05) is 11.6 Å². The topological polar surface area (TPSA) is 105 Å². The maximum Gasteiger partial charge on any atom is 0.352 e. The lowest BCUT2D eigenvalue weighted by Gasteiger charge is -1.95. The molecule has 0 bridgehead atoms. The van der Waals surface area contributed by atoms with E-state index in [1.54, 1.807) is 0 Å². The summed E-state index contributed by atoms with van der Waals surface area (Å²) >= 11 is 0. The summed E-state index contributed by atoms with van der Waals surface area (Å²) in [7, 11) is 0. The Balaban J connectivity index is 4.21. The van der Waals surface area contributed by atoms with Crippen LogP contribution in [-0.2, 0) is 19.3 Å². The summed E-state index contributed by atoms with van der Waals surface area (Å²) in [6.07, 6.45) is 0.870.